The van der Waals surface area contributed by atoms with Gasteiger partial charge in [0.2, 0.25) is 0 Å². The summed E-state index contributed by atoms with van der Waals surface area (Å²) in [4.78, 5) is 12.3. The number of carbonyl (C=O) groups excluding carboxylic acids is 1. The molecule has 0 atom stereocenters. The van der Waals surface area contributed by atoms with E-state index in [2.05, 4.69) is 59.1 Å². The Hall–Kier alpha value is -2.38. The quantitative estimate of drug-likeness (QED) is 0.395. The predicted octanol–water partition coefficient (Wildman–Crippen LogP) is 5.09. The average Bonchev–Trinajstić information content (AvgIpc) is 2.97. The molecule has 1 heterocycles. The first kappa shape index (κ1) is 19.4. The maximum atomic E-state index is 12.3. The monoisotopic (exact) mass is 489 g/mol. The normalized spacial score (nSPS) is 11.1. The van der Waals surface area contributed by atoms with Gasteiger partial charge in [-0.2, -0.15) is 5.10 Å². The number of halogens is 2. The SMILES string of the molecule is Cc1ccc(C)n1-c1ccc(C(=O)NN=Cc2cc(Br)cc(Br)c2O)cc1. The van der Waals surface area contributed by atoms with Crippen molar-refractivity contribution in [2.45, 2.75) is 13.8 Å². The number of phenolic OH excluding ortho intramolecular Hbond substituents is 1. The molecule has 27 heavy (non-hydrogen) atoms. The summed E-state index contributed by atoms with van der Waals surface area (Å²) < 4.78 is 3.44. The second-order valence-electron chi connectivity index (χ2n) is 6.02. The summed E-state index contributed by atoms with van der Waals surface area (Å²) in [6.07, 6.45) is 1.39. The Labute approximate surface area is 174 Å². The summed E-state index contributed by atoms with van der Waals surface area (Å²) in [7, 11) is 0. The Morgan fingerprint density at radius 3 is 2.33 bits per heavy atom. The van der Waals surface area contributed by atoms with Gasteiger partial charge in [-0.05, 0) is 78.3 Å². The van der Waals surface area contributed by atoms with E-state index < -0.39 is 0 Å². The van der Waals surface area contributed by atoms with Crippen LogP contribution in [0.5, 0.6) is 5.75 Å². The minimum atomic E-state index is -0.327. The van der Waals surface area contributed by atoms with Crippen molar-refractivity contribution in [2.75, 3.05) is 0 Å². The topological polar surface area (TPSA) is 66.6 Å². The number of nitrogens with zero attached hydrogens (tertiary/aromatic N) is 2. The third-order valence-electron chi connectivity index (χ3n) is 4.09. The number of nitrogens with one attached hydrogen (secondary N) is 1. The Kier molecular flexibility index (Phi) is 5.82. The van der Waals surface area contributed by atoms with E-state index in [1.54, 1.807) is 24.3 Å². The second kappa shape index (κ2) is 8.10. The third-order valence-corrected chi connectivity index (χ3v) is 5.15. The molecule has 0 bridgehead atoms. The molecule has 0 saturated carbocycles. The van der Waals surface area contributed by atoms with Crippen LogP contribution >= 0.6 is 31.9 Å². The lowest BCUT2D eigenvalue weighted by molar-refractivity contribution is 0.0955. The average molecular weight is 491 g/mol. The Bertz CT molecular complexity index is 1000. The molecular formula is C20H17Br2N3O2. The summed E-state index contributed by atoms with van der Waals surface area (Å²) in [5.74, 6) is -0.273. The van der Waals surface area contributed by atoms with Gasteiger partial charge in [-0.3, -0.25) is 4.79 Å². The van der Waals surface area contributed by atoms with E-state index in [4.69, 9.17) is 0 Å². The van der Waals surface area contributed by atoms with E-state index in [9.17, 15) is 9.90 Å². The van der Waals surface area contributed by atoms with E-state index in [1.165, 1.54) is 6.21 Å². The third kappa shape index (κ3) is 4.31. The highest BCUT2D eigenvalue weighted by Gasteiger charge is 2.08. The molecule has 3 rings (SSSR count). The highest BCUT2D eigenvalue weighted by Crippen LogP contribution is 2.30. The maximum Gasteiger partial charge on any atom is 0.271 e. The van der Waals surface area contributed by atoms with Crippen LogP contribution < -0.4 is 5.43 Å². The van der Waals surface area contributed by atoms with Gasteiger partial charge < -0.3 is 9.67 Å². The number of benzene rings is 2. The number of rotatable bonds is 4. The molecule has 2 N–H and O–H groups in total. The van der Waals surface area contributed by atoms with Gasteiger partial charge in [-0.1, -0.05) is 15.9 Å². The van der Waals surface area contributed by atoms with Crippen molar-refractivity contribution in [3.8, 4) is 11.4 Å². The van der Waals surface area contributed by atoms with Crippen molar-refractivity contribution in [3.63, 3.8) is 0 Å². The first-order valence-corrected chi connectivity index (χ1v) is 9.72. The molecule has 0 saturated heterocycles. The van der Waals surface area contributed by atoms with Gasteiger partial charge in [0.1, 0.15) is 5.75 Å². The van der Waals surface area contributed by atoms with Crippen LogP contribution in [-0.2, 0) is 0 Å². The summed E-state index contributed by atoms with van der Waals surface area (Å²) in [6.45, 7) is 4.08. The number of phenols is 1. The summed E-state index contributed by atoms with van der Waals surface area (Å²) in [5, 5.41) is 13.9. The minimum Gasteiger partial charge on any atom is -0.506 e. The highest BCUT2D eigenvalue weighted by atomic mass is 79.9. The van der Waals surface area contributed by atoms with Crippen LogP contribution in [0.25, 0.3) is 5.69 Å². The van der Waals surface area contributed by atoms with Crippen molar-refractivity contribution < 1.29 is 9.90 Å². The number of hydrazone groups is 1. The number of hydrogen-bond acceptors (Lipinski definition) is 3. The van der Waals surface area contributed by atoms with E-state index >= 15 is 0 Å². The fourth-order valence-electron chi connectivity index (χ4n) is 2.75. The molecule has 0 fully saturated rings. The molecule has 1 aromatic heterocycles. The van der Waals surface area contributed by atoms with Crippen LogP contribution in [0.3, 0.4) is 0 Å². The Morgan fingerprint density at radius 2 is 1.70 bits per heavy atom. The van der Waals surface area contributed by atoms with Crippen LogP contribution in [0.4, 0.5) is 0 Å². The lowest BCUT2D eigenvalue weighted by atomic mass is 10.2. The van der Waals surface area contributed by atoms with Crippen molar-refractivity contribution in [1.82, 2.24) is 9.99 Å². The van der Waals surface area contributed by atoms with Crippen molar-refractivity contribution in [3.05, 3.63) is 80.0 Å². The summed E-state index contributed by atoms with van der Waals surface area (Å²) in [6, 6.07) is 14.8. The predicted molar refractivity (Wildman–Crippen MR) is 114 cm³/mol. The first-order valence-electron chi connectivity index (χ1n) is 8.13. The highest BCUT2D eigenvalue weighted by molar-refractivity contribution is 9.11. The van der Waals surface area contributed by atoms with E-state index in [0.717, 1.165) is 21.5 Å². The number of aromatic nitrogens is 1. The number of aromatic hydroxyl groups is 1. The Morgan fingerprint density at radius 1 is 1.07 bits per heavy atom. The van der Waals surface area contributed by atoms with Gasteiger partial charge in [0.15, 0.2) is 0 Å². The minimum absolute atomic E-state index is 0.0537. The van der Waals surface area contributed by atoms with Crippen LogP contribution in [0.2, 0.25) is 0 Å². The molecule has 138 valence electrons. The number of carbonyl (C=O) groups is 1. The molecule has 0 aliphatic carbocycles. The number of amides is 1. The van der Waals surface area contributed by atoms with E-state index in [0.29, 0.717) is 15.6 Å². The molecule has 0 aliphatic heterocycles. The summed E-state index contributed by atoms with van der Waals surface area (Å²) in [5.41, 5.74) is 6.71. The molecule has 0 unspecified atom stereocenters. The fourth-order valence-corrected chi connectivity index (χ4v) is 4.01. The standard InChI is InChI=1S/C20H17Br2N3O2/c1-12-3-4-13(2)25(12)17-7-5-14(6-8-17)20(27)24-23-11-15-9-16(21)10-18(22)19(15)26/h3-11,26H,1-2H3,(H,24,27). The van der Waals surface area contributed by atoms with Gasteiger partial charge in [0, 0.05) is 32.7 Å². The van der Waals surface area contributed by atoms with Gasteiger partial charge in [-0.25, -0.2) is 5.43 Å². The maximum absolute atomic E-state index is 12.3. The lowest BCUT2D eigenvalue weighted by Crippen LogP contribution is -2.17. The van der Waals surface area contributed by atoms with Gasteiger partial charge in [0.25, 0.3) is 5.91 Å². The molecule has 2 aromatic carbocycles. The van der Waals surface area contributed by atoms with Gasteiger partial charge >= 0.3 is 0 Å². The summed E-state index contributed by atoms with van der Waals surface area (Å²) >= 11 is 6.60. The largest absolute Gasteiger partial charge is 0.506 e. The van der Waals surface area contributed by atoms with Crippen LogP contribution in [-0.4, -0.2) is 21.8 Å². The molecule has 1 amide bonds. The van der Waals surface area contributed by atoms with Gasteiger partial charge in [-0.15, -0.1) is 0 Å². The molecule has 0 aliphatic rings. The molecule has 7 heteroatoms. The first-order chi connectivity index (χ1) is 12.9. The molecule has 3 aromatic rings. The zero-order valence-electron chi connectivity index (χ0n) is 14.7. The number of aryl methyl sites for hydroxylation is 2. The second-order valence-corrected chi connectivity index (χ2v) is 7.79. The van der Waals surface area contributed by atoms with Crippen LogP contribution in [0, 0.1) is 13.8 Å². The molecular weight excluding hydrogens is 474 g/mol. The zero-order valence-corrected chi connectivity index (χ0v) is 17.9. The van der Waals surface area contributed by atoms with Gasteiger partial charge in [0.05, 0.1) is 10.7 Å². The van der Waals surface area contributed by atoms with Crippen molar-refractivity contribution in [1.29, 1.82) is 0 Å². The lowest BCUT2D eigenvalue weighted by Gasteiger charge is -2.10. The van der Waals surface area contributed by atoms with Crippen molar-refractivity contribution >= 4 is 44.0 Å². The number of hydrogen-bond donors (Lipinski definition) is 2. The molecule has 5 nitrogen and oxygen atoms in total. The van der Waals surface area contributed by atoms with Crippen LogP contribution in [0.1, 0.15) is 27.3 Å². The smallest absolute Gasteiger partial charge is 0.271 e. The molecule has 0 spiro atoms. The fraction of sp³-hybridized carbons (Fsp3) is 0.100. The van der Waals surface area contributed by atoms with E-state index in [1.807, 2.05) is 26.0 Å². The zero-order chi connectivity index (χ0) is 19.6. The Balaban J connectivity index is 1.72. The van der Waals surface area contributed by atoms with E-state index in [-0.39, 0.29) is 11.7 Å². The van der Waals surface area contributed by atoms with Crippen LogP contribution in [0.15, 0.2) is 62.6 Å². The van der Waals surface area contributed by atoms with Crippen molar-refractivity contribution in [2.24, 2.45) is 5.10 Å². The molecule has 0 radical (unpaired) electrons.